The second-order valence-corrected chi connectivity index (χ2v) is 7.10. The van der Waals surface area contributed by atoms with Crippen molar-refractivity contribution in [2.24, 2.45) is 5.41 Å². The van der Waals surface area contributed by atoms with E-state index in [1.165, 1.54) is 0 Å². The van der Waals surface area contributed by atoms with Crippen LogP contribution in [0.15, 0.2) is 18.2 Å². The number of aromatic nitrogens is 1. The van der Waals surface area contributed by atoms with Gasteiger partial charge in [0.15, 0.2) is 5.82 Å². The van der Waals surface area contributed by atoms with Crippen LogP contribution in [0, 0.1) is 11.2 Å². The van der Waals surface area contributed by atoms with Crippen LogP contribution in [0.5, 0.6) is 0 Å². The Hall–Kier alpha value is -1.84. The van der Waals surface area contributed by atoms with Gasteiger partial charge in [0.1, 0.15) is 5.69 Å². The maximum Gasteiger partial charge on any atom is 0.270 e. The molecule has 0 spiro atoms. The molecule has 3 nitrogen and oxygen atoms in total. The number of hydrogen-bond donors (Lipinski definition) is 1. The van der Waals surface area contributed by atoms with Crippen LogP contribution in [0.25, 0.3) is 10.9 Å². The summed E-state index contributed by atoms with van der Waals surface area (Å²) in [6, 6.07) is 5.43. The van der Waals surface area contributed by atoms with Crippen LogP contribution < -0.4 is 0 Å². The number of carbonyl (C=O) groups excluding carboxylic acids is 1. The number of amides is 1. The highest BCUT2D eigenvalue weighted by atomic mass is 19.1. The number of hydrogen-bond acceptors (Lipinski definition) is 1. The van der Waals surface area contributed by atoms with Gasteiger partial charge < -0.3 is 9.88 Å². The van der Waals surface area contributed by atoms with Crippen molar-refractivity contribution in [1.82, 2.24) is 9.88 Å². The Morgan fingerprint density at radius 2 is 2.05 bits per heavy atom. The molecule has 2 heterocycles. The van der Waals surface area contributed by atoms with Crippen LogP contribution in [0.2, 0.25) is 0 Å². The molecule has 1 amide bonds. The van der Waals surface area contributed by atoms with E-state index in [0.29, 0.717) is 16.8 Å². The average molecular weight is 290 g/mol. The summed E-state index contributed by atoms with van der Waals surface area (Å²) < 4.78 is 14.5. The van der Waals surface area contributed by atoms with Crippen molar-refractivity contribution >= 4 is 16.8 Å². The van der Waals surface area contributed by atoms with E-state index in [4.69, 9.17) is 0 Å². The Morgan fingerprint density at radius 1 is 1.38 bits per heavy atom. The van der Waals surface area contributed by atoms with E-state index in [1.807, 2.05) is 19.9 Å². The third-order valence-electron chi connectivity index (χ3n) is 4.14. The van der Waals surface area contributed by atoms with Gasteiger partial charge in [0.05, 0.1) is 5.52 Å². The highest BCUT2D eigenvalue weighted by molar-refractivity contribution is 5.98. The predicted octanol–water partition coefficient (Wildman–Crippen LogP) is 4.16. The highest BCUT2D eigenvalue weighted by Crippen LogP contribution is 2.31. The first-order valence-electron chi connectivity index (χ1n) is 7.39. The Balaban J connectivity index is 0.00000176. The second kappa shape index (κ2) is 4.58. The summed E-state index contributed by atoms with van der Waals surface area (Å²) in [5.41, 5.74) is 1.77. The lowest BCUT2D eigenvalue weighted by molar-refractivity contribution is 0.0232. The zero-order valence-electron chi connectivity index (χ0n) is 13.0. The number of likely N-dealkylation sites (tertiary alicyclic amines) is 1. The maximum atomic E-state index is 14.5. The average Bonchev–Trinajstić information content (AvgIpc) is 2.79. The molecule has 114 valence electrons. The van der Waals surface area contributed by atoms with E-state index in [-0.39, 0.29) is 24.5 Å². The van der Waals surface area contributed by atoms with E-state index in [1.54, 1.807) is 17.0 Å². The number of rotatable bonds is 2. The molecule has 1 aliphatic heterocycles. The standard InChI is InChI=1S/C17H21FN2O.H2/c1-10(2)12-6-5-11-7-13(19-15(11)14(12)18)16(21)20-8-17(3,4)9-20;/h5-7,10,19H,8-9H2,1-4H3;1H. The molecule has 0 unspecified atom stereocenters. The molecule has 1 aromatic carbocycles. The SMILES string of the molecule is CC(C)c1ccc2cc(C(=O)N3CC(C)(C)C3)[nH]c2c1F.[HH]. The minimum absolute atomic E-state index is 0. The fourth-order valence-electron chi connectivity index (χ4n) is 3.04. The number of halogens is 1. The lowest BCUT2D eigenvalue weighted by Crippen LogP contribution is -2.55. The van der Waals surface area contributed by atoms with Crippen LogP contribution in [0.1, 0.15) is 51.1 Å². The molecule has 1 saturated heterocycles. The van der Waals surface area contributed by atoms with Gasteiger partial charge >= 0.3 is 0 Å². The summed E-state index contributed by atoms with van der Waals surface area (Å²) >= 11 is 0. The normalized spacial score (nSPS) is 17.3. The number of nitrogens with one attached hydrogen (secondary N) is 1. The lowest BCUT2D eigenvalue weighted by Gasteiger charge is -2.45. The number of carbonyl (C=O) groups is 1. The van der Waals surface area contributed by atoms with Gasteiger partial charge in [0.2, 0.25) is 0 Å². The van der Waals surface area contributed by atoms with Crippen molar-refractivity contribution in [1.29, 1.82) is 0 Å². The van der Waals surface area contributed by atoms with Crippen molar-refractivity contribution < 1.29 is 10.6 Å². The van der Waals surface area contributed by atoms with Crippen LogP contribution in [0.4, 0.5) is 4.39 Å². The molecule has 1 aromatic heterocycles. The minimum Gasteiger partial charge on any atom is -0.348 e. The molecule has 4 heteroatoms. The van der Waals surface area contributed by atoms with Gasteiger partial charge in [0.25, 0.3) is 5.91 Å². The first kappa shape index (κ1) is 14.1. The van der Waals surface area contributed by atoms with E-state index >= 15 is 0 Å². The molecule has 0 bridgehead atoms. The van der Waals surface area contributed by atoms with Crippen LogP contribution in [-0.4, -0.2) is 28.9 Å². The lowest BCUT2D eigenvalue weighted by atomic mass is 9.84. The molecular formula is C17H23FN2O. The maximum absolute atomic E-state index is 14.5. The fourth-order valence-corrected chi connectivity index (χ4v) is 3.04. The van der Waals surface area contributed by atoms with Crippen LogP contribution >= 0.6 is 0 Å². The zero-order valence-corrected chi connectivity index (χ0v) is 13.0. The summed E-state index contributed by atoms with van der Waals surface area (Å²) in [5, 5.41) is 0.750. The largest absolute Gasteiger partial charge is 0.348 e. The molecule has 1 fully saturated rings. The third-order valence-corrected chi connectivity index (χ3v) is 4.14. The number of fused-ring (bicyclic) bond motifs is 1. The molecule has 0 radical (unpaired) electrons. The van der Waals surface area contributed by atoms with Crippen molar-refractivity contribution in [3.63, 3.8) is 0 Å². The number of H-pyrrole nitrogens is 1. The molecule has 3 rings (SSSR count). The Bertz CT molecular complexity index is 713. The van der Waals surface area contributed by atoms with E-state index in [2.05, 4.69) is 18.8 Å². The van der Waals surface area contributed by atoms with Gasteiger partial charge in [-0.3, -0.25) is 4.79 Å². The highest BCUT2D eigenvalue weighted by Gasteiger charge is 2.37. The van der Waals surface area contributed by atoms with Gasteiger partial charge in [-0.1, -0.05) is 39.8 Å². The first-order chi connectivity index (χ1) is 9.78. The molecule has 0 saturated carbocycles. The molecule has 1 N–H and O–H groups in total. The van der Waals surface area contributed by atoms with Crippen LogP contribution in [-0.2, 0) is 0 Å². The van der Waals surface area contributed by atoms with E-state index < -0.39 is 0 Å². The number of benzene rings is 1. The monoisotopic (exact) mass is 290 g/mol. The molecular weight excluding hydrogens is 267 g/mol. The summed E-state index contributed by atoms with van der Waals surface area (Å²) in [6.07, 6.45) is 0. The van der Waals surface area contributed by atoms with Gasteiger partial charge in [-0.15, -0.1) is 0 Å². The van der Waals surface area contributed by atoms with Gasteiger partial charge in [-0.25, -0.2) is 4.39 Å². The molecule has 2 aromatic rings. The molecule has 0 atom stereocenters. The number of aromatic amines is 1. The van der Waals surface area contributed by atoms with E-state index in [0.717, 1.165) is 18.5 Å². The smallest absolute Gasteiger partial charge is 0.270 e. The number of nitrogens with zero attached hydrogens (tertiary/aromatic N) is 1. The van der Waals surface area contributed by atoms with E-state index in [9.17, 15) is 9.18 Å². The predicted molar refractivity (Wildman–Crippen MR) is 84.1 cm³/mol. The minimum atomic E-state index is -0.245. The second-order valence-electron chi connectivity index (χ2n) is 7.10. The van der Waals surface area contributed by atoms with Crippen molar-refractivity contribution in [2.75, 3.05) is 13.1 Å². The van der Waals surface area contributed by atoms with Gasteiger partial charge in [-0.05, 0) is 23.0 Å². The first-order valence-corrected chi connectivity index (χ1v) is 7.39. The van der Waals surface area contributed by atoms with Crippen LogP contribution in [0.3, 0.4) is 0 Å². The zero-order chi connectivity index (χ0) is 15.4. The Labute approximate surface area is 125 Å². The summed E-state index contributed by atoms with van der Waals surface area (Å²) in [4.78, 5) is 17.2. The van der Waals surface area contributed by atoms with Crippen molar-refractivity contribution in [3.05, 3.63) is 35.3 Å². The van der Waals surface area contributed by atoms with Gasteiger partial charge in [0, 0.05) is 19.9 Å². The Morgan fingerprint density at radius 3 is 2.62 bits per heavy atom. The fraction of sp³-hybridized carbons (Fsp3) is 0.471. The third kappa shape index (κ3) is 2.33. The Kier molecular flexibility index (Phi) is 3.08. The quantitative estimate of drug-likeness (QED) is 0.885. The summed E-state index contributed by atoms with van der Waals surface area (Å²) in [6.45, 7) is 9.69. The molecule has 21 heavy (non-hydrogen) atoms. The van der Waals surface area contributed by atoms with Crippen molar-refractivity contribution in [3.8, 4) is 0 Å². The summed E-state index contributed by atoms with van der Waals surface area (Å²) in [5.74, 6) is -0.172. The molecule has 0 aliphatic carbocycles. The summed E-state index contributed by atoms with van der Waals surface area (Å²) in [7, 11) is 0. The topological polar surface area (TPSA) is 36.1 Å². The van der Waals surface area contributed by atoms with Crippen molar-refractivity contribution in [2.45, 2.75) is 33.6 Å². The van der Waals surface area contributed by atoms with Gasteiger partial charge in [-0.2, -0.15) is 0 Å². The molecule has 1 aliphatic rings.